The predicted octanol–water partition coefficient (Wildman–Crippen LogP) is 1.11. The third-order valence-corrected chi connectivity index (χ3v) is 3.68. The first-order chi connectivity index (χ1) is 6.75. The summed E-state index contributed by atoms with van der Waals surface area (Å²) in [6.45, 7) is 3.19. The molecule has 14 heavy (non-hydrogen) atoms. The van der Waals surface area contributed by atoms with Crippen molar-refractivity contribution in [3.63, 3.8) is 0 Å². The van der Waals surface area contributed by atoms with Crippen LogP contribution >= 0.6 is 11.8 Å². The Bertz CT molecular complexity index is 187. The second-order valence-corrected chi connectivity index (χ2v) is 4.84. The Balaban J connectivity index is 2.27. The van der Waals surface area contributed by atoms with Crippen LogP contribution in [0.1, 0.15) is 26.2 Å². The SMILES string of the molecule is CC1CSCCN1C(=O)CCCCO. The minimum Gasteiger partial charge on any atom is -0.396 e. The quantitative estimate of drug-likeness (QED) is 0.717. The Labute approximate surface area is 89.9 Å². The van der Waals surface area contributed by atoms with Gasteiger partial charge in [-0.2, -0.15) is 11.8 Å². The number of carbonyl (C=O) groups excluding carboxylic acids is 1. The lowest BCUT2D eigenvalue weighted by Gasteiger charge is -2.33. The molecule has 0 aliphatic carbocycles. The number of hydrogen-bond donors (Lipinski definition) is 1. The van der Waals surface area contributed by atoms with E-state index in [0.717, 1.165) is 30.9 Å². The molecule has 0 aromatic heterocycles. The Kier molecular flexibility index (Phi) is 5.33. The minimum absolute atomic E-state index is 0.193. The van der Waals surface area contributed by atoms with Gasteiger partial charge in [-0.3, -0.25) is 4.79 Å². The summed E-state index contributed by atoms with van der Waals surface area (Å²) in [6, 6.07) is 0.385. The molecule has 1 aliphatic heterocycles. The number of aliphatic hydroxyl groups is 1. The molecule has 1 fully saturated rings. The summed E-state index contributed by atoms with van der Waals surface area (Å²) in [5.74, 6) is 2.38. The molecule has 82 valence electrons. The zero-order valence-corrected chi connectivity index (χ0v) is 9.55. The second-order valence-electron chi connectivity index (χ2n) is 3.69. The largest absolute Gasteiger partial charge is 0.396 e. The number of rotatable bonds is 4. The maximum Gasteiger partial charge on any atom is 0.222 e. The number of carbonyl (C=O) groups is 1. The summed E-state index contributed by atoms with van der Waals surface area (Å²) in [5.41, 5.74) is 0. The van der Waals surface area contributed by atoms with Crippen LogP contribution in [0.3, 0.4) is 0 Å². The lowest BCUT2D eigenvalue weighted by Crippen LogP contribution is -2.44. The molecule has 1 saturated heterocycles. The van der Waals surface area contributed by atoms with Crippen molar-refractivity contribution >= 4 is 17.7 Å². The maximum atomic E-state index is 11.7. The van der Waals surface area contributed by atoms with E-state index >= 15 is 0 Å². The Hall–Kier alpha value is -0.220. The number of amides is 1. The highest BCUT2D eigenvalue weighted by molar-refractivity contribution is 7.99. The summed E-state index contributed by atoms with van der Waals surface area (Å²) in [5, 5.41) is 8.61. The number of aliphatic hydroxyl groups excluding tert-OH is 1. The van der Waals surface area contributed by atoms with Gasteiger partial charge < -0.3 is 10.0 Å². The molecule has 1 amide bonds. The summed E-state index contributed by atoms with van der Waals surface area (Å²) in [4.78, 5) is 13.7. The number of thioether (sulfide) groups is 1. The van der Waals surface area contributed by atoms with Gasteiger partial charge in [0.05, 0.1) is 0 Å². The second kappa shape index (κ2) is 6.30. The molecule has 1 heterocycles. The van der Waals surface area contributed by atoms with E-state index in [0.29, 0.717) is 12.5 Å². The van der Waals surface area contributed by atoms with Gasteiger partial charge in [0.15, 0.2) is 0 Å². The van der Waals surface area contributed by atoms with Gasteiger partial charge in [-0.15, -0.1) is 0 Å². The Morgan fingerprint density at radius 1 is 1.57 bits per heavy atom. The molecule has 0 radical (unpaired) electrons. The number of hydrogen-bond acceptors (Lipinski definition) is 3. The Morgan fingerprint density at radius 2 is 2.36 bits per heavy atom. The molecule has 1 aliphatic rings. The zero-order valence-electron chi connectivity index (χ0n) is 8.74. The van der Waals surface area contributed by atoms with Crippen LogP contribution in [-0.4, -0.2) is 46.6 Å². The average Bonchev–Trinajstić information content (AvgIpc) is 2.18. The van der Waals surface area contributed by atoms with E-state index in [2.05, 4.69) is 6.92 Å². The van der Waals surface area contributed by atoms with Crippen molar-refractivity contribution < 1.29 is 9.90 Å². The fraction of sp³-hybridized carbons (Fsp3) is 0.900. The topological polar surface area (TPSA) is 40.5 Å². The first-order valence-electron chi connectivity index (χ1n) is 5.23. The maximum absolute atomic E-state index is 11.7. The van der Waals surface area contributed by atoms with E-state index in [1.54, 1.807) is 0 Å². The van der Waals surface area contributed by atoms with Gasteiger partial charge >= 0.3 is 0 Å². The van der Waals surface area contributed by atoms with Crippen molar-refractivity contribution in [3.8, 4) is 0 Å². The van der Waals surface area contributed by atoms with Gasteiger partial charge in [0.1, 0.15) is 0 Å². The molecule has 1 atom stereocenters. The summed E-state index contributed by atoms with van der Waals surface area (Å²) < 4.78 is 0. The van der Waals surface area contributed by atoms with E-state index in [4.69, 9.17) is 5.11 Å². The highest BCUT2D eigenvalue weighted by Gasteiger charge is 2.22. The average molecular weight is 217 g/mol. The van der Waals surface area contributed by atoms with Crippen molar-refractivity contribution in [1.29, 1.82) is 0 Å². The van der Waals surface area contributed by atoms with Crippen molar-refractivity contribution in [3.05, 3.63) is 0 Å². The van der Waals surface area contributed by atoms with E-state index in [-0.39, 0.29) is 12.5 Å². The van der Waals surface area contributed by atoms with Gasteiger partial charge in [0, 0.05) is 37.1 Å². The molecule has 0 bridgehead atoms. The van der Waals surface area contributed by atoms with Crippen LogP contribution in [0.15, 0.2) is 0 Å². The number of unbranched alkanes of at least 4 members (excludes halogenated alkanes) is 1. The highest BCUT2D eigenvalue weighted by atomic mass is 32.2. The summed E-state index contributed by atoms with van der Waals surface area (Å²) in [7, 11) is 0. The van der Waals surface area contributed by atoms with E-state index in [1.165, 1.54) is 0 Å². The van der Waals surface area contributed by atoms with Gasteiger partial charge in [-0.05, 0) is 19.8 Å². The van der Waals surface area contributed by atoms with Crippen molar-refractivity contribution in [1.82, 2.24) is 4.90 Å². The molecular weight excluding hydrogens is 198 g/mol. The molecule has 1 unspecified atom stereocenters. The lowest BCUT2D eigenvalue weighted by molar-refractivity contribution is -0.132. The van der Waals surface area contributed by atoms with Crippen LogP contribution in [0.4, 0.5) is 0 Å². The van der Waals surface area contributed by atoms with Crippen molar-refractivity contribution in [2.75, 3.05) is 24.7 Å². The monoisotopic (exact) mass is 217 g/mol. The fourth-order valence-corrected chi connectivity index (χ4v) is 2.64. The standard InChI is InChI=1S/C10H19NO2S/c1-9-8-14-7-5-11(9)10(13)4-2-3-6-12/h9,12H,2-8H2,1H3. The van der Waals surface area contributed by atoms with E-state index in [1.807, 2.05) is 16.7 Å². The van der Waals surface area contributed by atoms with Crippen LogP contribution in [0.5, 0.6) is 0 Å². The lowest BCUT2D eigenvalue weighted by atomic mass is 10.2. The molecule has 0 spiro atoms. The van der Waals surface area contributed by atoms with E-state index < -0.39 is 0 Å². The fourth-order valence-electron chi connectivity index (χ4n) is 1.63. The first-order valence-corrected chi connectivity index (χ1v) is 6.39. The van der Waals surface area contributed by atoms with E-state index in [9.17, 15) is 4.79 Å². The van der Waals surface area contributed by atoms with Crippen LogP contribution in [0.2, 0.25) is 0 Å². The van der Waals surface area contributed by atoms with Gasteiger partial charge in [0.25, 0.3) is 0 Å². The number of nitrogens with zero attached hydrogens (tertiary/aromatic N) is 1. The van der Waals surface area contributed by atoms with Crippen LogP contribution in [-0.2, 0) is 4.79 Å². The zero-order chi connectivity index (χ0) is 10.4. The Morgan fingerprint density at radius 3 is 3.00 bits per heavy atom. The molecular formula is C10H19NO2S. The first kappa shape index (κ1) is 11.9. The molecule has 1 N–H and O–H groups in total. The minimum atomic E-state index is 0.193. The highest BCUT2D eigenvalue weighted by Crippen LogP contribution is 2.17. The summed E-state index contributed by atoms with van der Waals surface area (Å²) >= 11 is 1.92. The van der Waals surface area contributed by atoms with Crippen LogP contribution in [0, 0.1) is 0 Å². The smallest absolute Gasteiger partial charge is 0.222 e. The van der Waals surface area contributed by atoms with Crippen LogP contribution in [0.25, 0.3) is 0 Å². The normalized spacial score (nSPS) is 22.4. The predicted molar refractivity (Wildman–Crippen MR) is 59.4 cm³/mol. The molecule has 4 heteroatoms. The van der Waals surface area contributed by atoms with Gasteiger partial charge in [0.2, 0.25) is 5.91 Å². The molecule has 3 nitrogen and oxygen atoms in total. The summed E-state index contributed by atoms with van der Waals surface area (Å²) in [6.07, 6.45) is 2.14. The van der Waals surface area contributed by atoms with Crippen molar-refractivity contribution in [2.24, 2.45) is 0 Å². The molecule has 0 aromatic carbocycles. The molecule has 0 saturated carbocycles. The molecule has 0 aromatic rings. The van der Waals surface area contributed by atoms with Gasteiger partial charge in [-0.1, -0.05) is 0 Å². The third kappa shape index (κ3) is 3.50. The van der Waals surface area contributed by atoms with Crippen LogP contribution < -0.4 is 0 Å². The van der Waals surface area contributed by atoms with Crippen molar-refractivity contribution in [2.45, 2.75) is 32.2 Å². The third-order valence-electron chi connectivity index (χ3n) is 2.49. The van der Waals surface area contributed by atoms with Gasteiger partial charge in [-0.25, -0.2) is 0 Å². The molecule has 1 rings (SSSR count).